The molecule has 0 aliphatic rings. The SMILES string of the molecule is Cc1[nH]c(-c2ccccc2)cc1O. The minimum Gasteiger partial charge on any atom is -0.506 e. The number of rotatable bonds is 1. The van der Waals surface area contributed by atoms with Crippen LogP contribution in [0.5, 0.6) is 5.75 Å². The number of aromatic nitrogens is 1. The quantitative estimate of drug-likeness (QED) is 0.683. The summed E-state index contributed by atoms with van der Waals surface area (Å²) in [4.78, 5) is 3.11. The van der Waals surface area contributed by atoms with E-state index in [1.54, 1.807) is 6.07 Å². The van der Waals surface area contributed by atoms with Crippen molar-refractivity contribution in [1.82, 2.24) is 4.98 Å². The van der Waals surface area contributed by atoms with Gasteiger partial charge in [-0.25, -0.2) is 0 Å². The number of hydrogen-bond donors (Lipinski definition) is 2. The van der Waals surface area contributed by atoms with Crippen molar-refractivity contribution in [3.8, 4) is 17.0 Å². The molecule has 0 aliphatic carbocycles. The summed E-state index contributed by atoms with van der Waals surface area (Å²) in [6.07, 6.45) is 0. The predicted octanol–water partition coefficient (Wildman–Crippen LogP) is 2.70. The Kier molecular flexibility index (Phi) is 1.81. The second kappa shape index (κ2) is 2.98. The molecule has 0 atom stereocenters. The third-order valence-electron chi connectivity index (χ3n) is 2.07. The summed E-state index contributed by atoms with van der Waals surface area (Å²) < 4.78 is 0. The van der Waals surface area contributed by atoms with Gasteiger partial charge in [0.2, 0.25) is 0 Å². The van der Waals surface area contributed by atoms with Crippen LogP contribution in [0.1, 0.15) is 5.69 Å². The molecule has 0 saturated heterocycles. The first-order valence-corrected chi connectivity index (χ1v) is 4.21. The van der Waals surface area contributed by atoms with Gasteiger partial charge in [0.05, 0.1) is 5.69 Å². The van der Waals surface area contributed by atoms with E-state index in [9.17, 15) is 5.11 Å². The Morgan fingerprint density at radius 3 is 2.38 bits per heavy atom. The molecule has 0 unspecified atom stereocenters. The molecule has 13 heavy (non-hydrogen) atoms. The van der Waals surface area contributed by atoms with E-state index in [0.717, 1.165) is 17.0 Å². The van der Waals surface area contributed by atoms with Crippen molar-refractivity contribution in [2.75, 3.05) is 0 Å². The summed E-state index contributed by atoms with van der Waals surface area (Å²) >= 11 is 0. The molecule has 1 heterocycles. The molecule has 2 nitrogen and oxygen atoms in total. The molecule has 0 spiro atoms. The molecule has 2 aromatic rings. The normalized spacial score (nSPS) is 10.2. The highest BCUT2D eigenvalue weighted by Crippen LogP contribution is 2.24. The van der Waals surface area contributed by atoms with E-state index in [4.69, 9.17) is 0 Å². The van der Waals surface area contributed by atoms with Crippen LogP contribution in [0.25, 0.3) is 11.3 Å². The molecule has 0 radical (unpaired) electrons. The number of aryl methyl sites for hydroxylation is 1. The van der Waals surface area contributed by atoms with E-state index in [1.165, 1.54) is 0 Å². The number of H-pyrrole nitrogens is 1. The highest BCUT2D eigenvalue weighted by molar-refractivity contribution is 5.62. The average molecular weight is 173 g/mol. The predicted molar refractivity (Wildman–Crippen MR) is 52.6 cm³/mol. The number of benzene rings is 1. The molecule has 0 aliphatic heterocycles. The van der Waals surface area contributed by atoms with Gasteiger partial charge < -0.3 is 10.1 Å². The largest absolute Gasteiger partial charge is 0.506 e. The molecule has 1 aromatic heterocycles. The van der Waals surface area contributed by atoms with Crippen LogP contribution in [0.4, 0.5) is 0 Å². The average Bonchev–Trinajstić information content (AvgIpc) is 2.49. The lowest BCUT2D eigenvalue weighted by molar-refractivity contribution is 0.472. The van der Waals surface area contributed by atoms with Crippen LogP contribution in [-0.2, 0) is 0 Å². The van der Waals surface area contributed by atoms with Gasteiger partial charge in [0, 0.05) is 11.8 Å². The fourth-order valence-electron chi connectivity index (χ4n) is 1.32. The number of hydrogen-bond acceptors (Lipinski definition) is 1. The molecule has 2 heteroatoms. The van der Waals surface area contributed by atoms with Crippen molar-refractivity contribution in [1.29, 1.82) is 0 Å². The maximum Gasteiger partial charge on any atom is 0.136 e. The van der Waals surface area contributed by atoms with Gasteiger partial charge in [0.15, 0.2) is 0 Å². The third kappa shape index (κ3) is 1.43. The second-order valence-corrected chi connectivity index (χ2v) is 3.06. The van der Waals surface area contributed by atoms with Crippen molar-refractivity contribution in [2.45, 2.75) is 6.92 Å². The van der Waals surface area contributed by atoms with Crippen LogP contribution in [-0.4, -0.2) is 10.1 Å². The highest BCUT2D eigenvalue weighted by atomic mass is 16.3. The van der Waals surface area contributed by atoms with Crippen molar-refractivity contribution in [3.05, 3.63) is 42.1 Å². The Labute approximate surface area is 76.9 Å². The van der Waals surface area contributed by atoms with Gasteiger partial charge in [-0.1, -0.05) is 30.3 Å². The van der Waals surface area contributed by atoms with Crippen LogP contribution < -0.4 is 0 Å². The topological polar surface area (TPSA) is 36.0 Å². The summed E-state index contributed by atoms with van der Waals surface area (Å²) in [5.41, 5.74) is 2.85. The molecule has 0 fully saturated rings. The fourth-order valence-corrected chi connectivity index (χ4v) is 1.32. The van der Waals surface area contributed by atoms with Gasteiger partial charge in [0.25, 0.3) is 0 Å². The molecule has 0 bridgehead atoms. The molecule has 1 aromatic carbocycles. The Balaban J connectivity index is 2.48. The lowest BCUT2D eigenvalue weighted by atomic mass is 10.2. The number of aromatic amines is 1. The van der Waals surface area contributed by atoms with E-state index < -0.39 is 0 Å². The summed E-state index contributed by atoms with van der Waals surface area (Å²) in [5, 5.41) is 9.37. The van der Waals surface area contributed by atoms with E-state index in [-0.39, 0.29) is 0 Å². The maximum absolute atomic E-state index is 9.37. The molecule has 2 rings (SSSR count). The minimum atomic E-state index is 0.318. The lowest BCUT2D eigenvalue weighted by Gasteiger charge is -1.94. The maximum atomic E-state index is 9.37. The summed E-state index contributed by atoms with van der Waals surface area (Å²) in [5.74, 6) is 0.318. The van der Waals surface area contributed by atoms with E-state index >= 15 is 0 Å². The van der Waals surface area contributed by atoms with Crippen molar-refractivity contribution in [2.24, 2.45) is 0 Å². The first-order chi connectivity index (χ1) is 6.27. The second-order valence-electron chi connectivity index (χ2n) is 3.06. The Hall–Kier alpha value is -1.70. The first kappa shape index (κ1) is 7.92. The van der Waals surface area contributed by atoms with Crippen molar-refractivity contribution in [3.63, 3.8) is 0 Å². The zero-order valence-electron chi connectivity index (χ0n) is 7.41. The van der Waals surface area contributed by atoms with Gasteiger partial charge in [-0.15, -0.1) is 0 Å². The van der Waals surface area contributed by atoms with Gasteiger partial charge >= 0.3 is 0 Å². The van der Waals surface area contributed by atoms with Crippen LogP contribution in [0.2, 0.25) is 0 Å². The lowest BCUT2D eigenvalue weighted by Crippen LogP contribution is -1.75. The van der Waals surface area contributed by atoms with Crippen molar-refractivity contribution >= 4 is 0 Å². The van der Waals surface area contributed by atoms with Crippen LogP contribution in [0, 0.1) is 6.92 Å². The van der Waals surface area contributed by atoms with Gasteiger partial charge in [-0.2, -0.15) is 0 Å². The summed E-state index contributed by atoms with van der Waals surface area (Å²) in [6.45, 7) is 1.85. The van der Waals surface area contributed by atoms with Gasteiger partial charge in [-0.3, -0.25) is 0 Å². The Bertz CT molecular complexity index is 384. The molecular formula is C11H11NO. The van der Waals surface area contributed by atoms with Crippen molar-refractivity contribution < 1.29 is 5.11 Å². The fraction of sp³-hybridized carbons (Fsp3) is 0.0909. The first-order valence-electron chi connectivity index (χ1n) is 4.21. The highest BCUT2D eigenvalue weighted by Gasteiger charge is 2.03. The van der Waals surface area contributed by atoms with Crippen LogP contribution >= 0.6 is 0 Å². The Morgan fingerprint density at radius 2 is 1.85 bits per heavy atom. The van der Waals surface area contributed by atoms with E-state index in [2.05, 4.69) is 4.98 Å². The van der Waals surface area contributed by atoms with Crippen LogP contribution in [0.15, 0.2) is 36.4 Å². The van der Waals surface area contributed by atoms with E-state index in [0.29, 0.717) is 5.75 Å². The standard InChI is InChI=1S/C11H11NO/c1-8-11(13)7-10(12-8)9-5-3-2-4-6-9/h2-7,12-13H,1H3. The van der Waals surface area contributed by atoms with Crippen LogP contribution in [0.3, 0.4) is 0 Å². The number of nitrogens with one attached hydrogen (secondary N) is 1. The molecule has 0 amide bonds. The molecule has 66 valence electrons. The molecule has 2 N–H and O–H groups in total. The summed E-state index contributed by atoms with van der Waals surface area (Å²) in [6, 6.07) is 11.7. The summed E-state index contributed by atoms with van der Waals surface area (Å²) in [7, 11) is 0. The smallest absolute Gasteiger partial charge is 0.136 e. The Morgan fingerprint density at radius 1 is 1.15 bits per heavy atom. The van der Waals surface area contributed by atoms with Gasteiger partial charge in [0.1, 0.15) is 5.75 Å². The van der Waals surface area contributed by atoms with Gasteiger partial charge in [-0.05, 0) is 12.5 Å². The zero-order valence-corrected chi connectivity index (χ0v) is 7.41. The molecule has 0 saturated carbocycles. The third-order valence-corrected chi connectivity index (χ3v) is 2.07. The minimum absolute atomic E-state index is 0.318. The zero-order chi connectivity index (χ0) is 9.26. The number of aromatic hydroxyl groups is 1. The molecular weight excluding hydrogens is 162 g/mol. The monoisotopic (exact) mass is 173 g/mol. The van der Waals surface area contributed by atoms with E-state index in [1.807, 2.05) is 37.3 Å².